The van der Waals surface area contributed by atoms with Gasteiger partial charge in [-0.3, -0.25) is 9.35 Å². The molecule has 0 saturated heterocycles. The van der Waals surface area contributed by atoms with Crippen LogP contribution < -0.4 is 15.8 Å². The molecule has 4 aromatic carbocycles. The number of carbonyl (C=O) groups is 1. The normalized spacial score (nSPS) is 12.4. The number of hydrogen-bond donors (Lipinski definition) is 3. The molecule has 5 aromatic rings. The van der Waals surface area contributed by atoms with E-state index in [1.165, 1.54) is 12.1 Å². The third-order valence-corrected chi connectivity index (χ3v) is 8.02. The highest BCUT2D eigenvalue weighted by Gasteiger charge is 2.30. The summed E-state index contributed by atoms with van der Waals surface area (Å²) < 4.78 is 40.8. The summed E-state index contributed by atoms with van der Waals surface area (Å²) in [5.41, 5.74) is 8.46. The van der Waals surface area contributed by atoms with Crippen molar-refractivity contribution in [3.8, 4) is 5.75 Å². The third kappa shape index (κ3) is 5.55. The molecule has 1 aromatic heterocycles. The quantitative estimate of drug-likeness (QED) is 0.175. The maximum atomic E-state index is 12.8. The van der Waals surface area contributed by atoms with Crippen LogP contribution in [0.3, 0.4) is 0 Å². The first-order valence-electron chi connectivity index (χ1n) is 12.1. The molecule has 4 N–H and O–H groups in total. The Kier molecular flexibility index (Phi) is 7.57. The van der Waals surface area contributed by atoms with E-state index in [0.29, 0.717) is 44.0 Å². The second-order valence-corrected chi connectivity index (χ2v) is 11.3. The SMILES string of the molecule is Cc1cc(NCc2ccc(Cl)c(Cl)c2)c2cccc(OC(C(N)=O)c3c(S(=O)(=O)O)ccc4ccccc34)c2n1. The highest BCUT2D eigenvalue weighted by atomic mass is 35.5. The monoisotopic (exact) mass is 595 g/mol. The fraction of sp³-hybridized carbons (Fsp3) is 0.103. The average Bonchev–Trinajstić information content (AvgIpc) is 2.91. The number of carbonyl (C=O) groups excluding carboxylic acids is 1. The molecule has 1 heterocycles. The molecule has 0 aliphatic rings. The van der Waals surface area contributed by atoms with Gasteiger partial charge in [-0.1, -0.05) is 71.7 Å². The maximum Gasteiger partial charge on any atom is 0.294 e. The topological polar surface area (TPSA) is 132 Å². The molecule has 0 aliphatic carbocycles. The summed E-state index contributed by atoms with van der Waals surface area (Å²) in [4.78, 5) is 16.9. The van der Waals surface area contributed by atoms with Crippen molar-refractivity contribution in [3.63, 3.8) is 0 Å². The Labute approximate surface area is 240 Å². The Bertz CT molecular complexity index is 1900. The molecule has 0 radical (unpaired) electrons. The summed E-state index contributed by atoms with van der Waals surface area (Å²) in [6.45, 7) is 2.26. The lowest BCUT2D eigenvalue weighted by molar-refractivity contribution is -0.125. The van der Waals surface area contributed by atoms with Gasteiger partial charge in [0.1, 0.15) is 16.2 Å². The van der Waals surface area contributed by atoms with Gasteiger partial charge in [0, 0.05) is 28.9 Å². The summed E-state index contributed by atoms with van der Waals surface area (Å²) >= 11 is 12.2. The second kappa shape index (κ2) is 10.9. The van der Waals surface area contributed by atoms with Crippen molar-refractivity contribution in [1.82, 2.24) is 4.98 Å². The molecule has 1 atom stereocenters. The number of aromatic nitrogens is 1. The number of nitrogens with one attached hydrogen (secondary N) is 1. The van der Waals surface area contributed by atoms with Gasteiger partial charge in [-0.2, -0.15) is 8.42 Å². The van der Waals surface area contributed by atoms with E-state index in [4.69, 9.17) is 33.7 Å². The van der Waals surface area contributed by atoms with Crippen LogP contribution in [0.5, 0.6) is 5.75 Å². The highest BCUT2D eigenvalue weighted by molar-refractivity contribution is 7.85. The van der Waals surface area contributed by atoms with E-state index in [1.54, 1.807) is 48.5 Å². The minimum Gasteiger partial charge on any atom is -0.473 e. The van der Waals surface area contributed by atoms with E-state index < -0.39 is 27.0 Å². The number of rotatable bonds is 8. The zero-order valence-electron chi connectivity index (χ0n) is 21.1. The van der Waals surface area contributed by atoms with Gasteiger partial charge in [0.25, 0.3) is 16.0 Å². The molecule has 0 spiro atoms. The first-order chi connectivity index (χ1) is 19.0. The van der Waals surface area contributed by atoms with Crippen LogP contribution >= 0.6 is 23.2 Å². The van der Waals surface area contributed by atoms with Crippen molar-refractivity contribution in [2.45, 2.75) is 24.5 Å². The Hall–Kier alpha value is -3.89. The van der Waals surface area contributed by atoms with Gasteiger partial charge < -0.3 is 15.8 Å². The van der Waals surface area contributed by atoms with Crippen LogP contribution in [-0.2, 0) is 21.5 Å². The molecular formula is C29H23Cl2N3O5S. The van der Waals surface area contributed by atoms with E-state index >= 15 is 0 Å². The Morgan fingerprint density at radius 2 is 1.75 bits per heavy atom. The van der Waals surface area contributed by atoms with Crippen LogP contribution in [0.2, 0.25) is 10.0 Å². The van der Waals surface area contributed by atoms with E-state index in [-0.39, 0.29) is 11.3 Å². The molecule has 40 heavy (non-hydrogen) atoms. The van der Waals surface area contributed by atoms with Crippen LogP contribution in [0.25, 0.3) is 21.7 Å². The summed E-state index contributed by atoms with van der Waals surface area (Å²) in [6, 6.07) is 22.0. The number of halogens is 2. The summed E-state index contributed by atoms with van der Waals surface area (Å²) in [5.74, 6) is -0.735. The first-order valence-corrected chi connectivity index (χ1v) is 14.3. The third-order valence-electron chi connectivity index (χ3n) is 6.37. The maximum absolute atomic E-state index is 12.8. The summed E-state index contributed by atoms with van der Waals surface area (Å²) in [7, 11) is -4.72. The number of nitrogens with zero attached hydrogens (tertiary/aromatic N) is 1. The number of para-hydroxylation sites is 1. The number of pyridine rings is 1. The molecule has 5 rings (SSSR count). The predicted octanol–water partition coefficient (Wildman–Crippen LogP) is 6.47. The average molecular weight is 596 g/mol. The van der Waals surface area contributed by atoms with Gasteiger partial charge >= 0.3 is 0 Å². The van der Waals surface area contributed by atoms with Crippen molar-refractivity contribution in [2.75, 3.05) is 5.32 Å². The van der Waals surface area contributed by atoms with Crippen molar-refractivity contribution in [2.24, 2.45) is 5.73 Å². The van der Waals surface area contributed by atoms with E-state index in [1.807, 2.05) is 25.1 Å². The largest absolute Gasteiger partial charge is 0.473 e. The number of hydrogen-bond acceptors (Lipinski definition) is 6. The number of aryl methyl sites for hydroxylation is 1. The van der Waals surface area contributed by atoms with Crippen LogP contribution in [0.4, 0.5) is 5.69 Å². The Morgan fingerprint density at radius 3 is 2.48 bits per heavy atom. The van der Waals surface area contributed by atoms with Gasteiger partial charge in [0.05, 0.1) is 10.0 Å². The van der Waals surface area contributed by atoms with Gasteiger partial charge in [-0.15, -0.1) is 0 Å². The number of primary amides is 1. The minimum atomic E-state index is -4.72. The van der Waals surface area contributed by atoms with E-state index in [0.717, 1.165) is 11.3 Å². The van der Waals surface area contributed by atoms with Gasteiger partial charge in [0.2, 0.25) is 6.10 Å². The smallest absolute Gasteiger partial charge is 0.294 e. The van der Waals surface area contributed by atoms with Crippen molar-refractivity contribution >= 4 is 66.6 Å². The fourth-order valence-electron chi connectivity index (χ4n) is 4.60. The lowest BCUT2D eigenvalue weighted by atomic mass is 9.99. The minimum absolute atomic E-state index is 0.0595. The van der Waals surface area contributed by atoms with Crippen LogP contribution in [0.15, 0.2) is 83.8 Å². The number of nitrogens with two attached hydrogens (primary N) is 1. The second-order valence-electron chi connectivity index (χ2n) is 9.14. The van der Waals surface area contributed by atoms with Crippen molar-refractivity contribution < 1.29 is 22.5 Å². The number of fused-ring (bicyclic) bond motifs is 2. The van der Waals surface area contributed by atoms with E-state index in [2.05, 4.69) is 10.3 Å². The standard InChI is InChI=1S/C29H23Cl2N3O5S/c1-16-13-23(33-15-17-9-11-21(30)22(31)14-17)20-7-4-8-24(27(20)34-16)39-28(29(32)35)26-19-6-3-2-5-18(19)10-12-25(26)40(36,37)38/h2-14,28H,15H2,1H3,(H2,32,35)(H,33,34)(H,36,37,38). The number of anilines is 1. The fourth-order valence-corrected chi connectivity index (χ4v) is 5.65. The lowest BCUT2D eigenvalue weighted by Gasteiger charge is -2.21. The van der Waals surface area contributed by atoms with Crippen molar-refractivity contribution in [1.29, 1.82) is 0 Å². The molecule has 0 saturated carbocycles. The molecule has 0 fully saturated rings. The lowest BCUT2D eigenvalue weighted by Crippen LogP contribution is -2.28. The van der Waals surface area contributed by atoms with Crippen LogP contribution in [-0.4, -0.2) is 23.9 Å². The molecule has 11 heteroatoms. The molecular weight excluding hydrogens is 573 g/mol. The van der Waals surface area contributed by atoms with Crippen LogP contribution in [0, 0.1) is 6.92 Å². The zero-order chi connectivity index (χ0) is 28.6. The molecule has 1 amide bonds. The molecule has 204 valence electrons. The molecule has 0 bridgehead atoms. The number of amides is 1. The van der Waals surface area contributed by atoms with Gasteiger partial charge in [0.15, 0.2) is 0 Å². The van der Waals surface area contributed by atoms with Crippen LogP contribution in [0.1, 0.15) is 22.9 Å². The van der Waals surface area contributed by atoms with Gasteiger partial charge in [-0.05, 0) is 53.6 Å². The number of benzene rings is 4. The predicted molar refractivity (Wildman–Crippen MR) is 157 cm³/mol. The first kappa shape index (κ1) is 27.7. The zero-order valence-corrected chi connectivity index (χ0v) is 23.4. The highest BCUT2D eigenvalue weighted by Crippen LogP contribution is 2.37. The number of ether oxygens (including phenoxy) is 1. The Morgan fingerprint density at radius 1 is 1.00 bits per heavy atom. The van der Waals surface area contributed by atoms with Gasteiger partial charge in [-0.25, -0.2) is 4.98 Å². The molecule has 1 unspecified atom stereocenters. The summed E-state index contributed by atoms with van der Waals surface area (Å²) in [6.07, 6.45) is -1.55. The van der Waals surface area contributed by atoms with E-state index in [9.17, 15) is 17.8 Å². The Balaban J connectivity index is 1.59. The summed E-state index contributed by atoms with van der Waals surface area (Å²) in [5, 5.41) is 6.02. The molecule has 0 aliphatic heterocycles. The molecule has 8 nitrogen and oxygen atoms in total. The van der Waals surface area contributed by atoms with Crippen molar-refractivity contribution in [3.05, 3.63) is 106 Å².